The normalized spacial score (nSPS) is 23.2. The van der Waals surface area contributed by atoms with Crippen LogP contribution in [0, 0.1) is 5.82 Å². The molecule has 9 heteroatoms. The molecule has 0 saturated heterocycles. The van der Waals surface area contributed by atoms with E-state index in [-0.39, 0.29) is 24.2 Å². The molecule has 4 rings (SSSR count). The molecule has 1 saturated carbocycles. The second kappa shape index (κ2) is 8.14. The highest BCUT2D eigenvalue weighted by Gasteiger charge is 2.30. The number of alkyl carbamates (subject to hydrolysis) is 1. The van der Waals surface area contributed by atoms with Crippen LogP contribution in [-0.2, 0) is 22.0 Å². The molecule has 1 aliphatic heterocycles. The van der Waals surface area contributed by atoms with Gasteiger partial charge in [-0.1, -0.05) is 0 Å². The first-order chi connectivity index (χ1) is 13.9. The lowest BCUT2D eigenvalue weighted by atomic mass is 10.0. The molecule has 0 bridgehead atoms. The molecule has 156 valence electrons. The number of ether oxygens (including phenoxy) is 1. The van der Waals surface area contributed by atoms with Gasteiger partial charge in [0.15, 0.2) is 5.82 Å². The zero-order valence-electron chi connectivity index (χ0n) is 16.5. The first-order valence-electron chi connectivity index (χ1n) is 9.89. The van der Waals surface area contributed by atoms with E-state index in [2.05, 4.69) is 20.8 Å². The van der Waals surface area contributed by atoms with Crippen molar-refractivity contribution >= 4 is 28.4 Å². The van der Waals surface area contributed by atoms with Gasteiger partial charge in [0.2, 0.25) is 0 Å². The fraction of sp³-hybridized carbons (Fsp3) is 0.500. The summed E-state index contributed by atoms with van der Waals surface area (Å²) in [5.74, 6) is 0.848. The lowest BCUT2D eigenvalue weighted by Crippen LogP contribution is -2.33. The minimum absolute atomic E-state index is 0.0422. The Morgan fingerprint density at radius 3 is 2.97 bits per heavy atom. The van der Waals surface area contributed by atoms with Gasteiger partial charge in [0.25, 0.3) is 0 Å². The Hall–Kier alpha value is -2.42. The number of nitrogens with zero attached hydrogens (tertiary/aromatic N) is 1. The van der Waals surface area contributed by atoms with Crippen LogP contribution < -0.4 is 10.6 Å². The van der Waals surface area contributed by atoms with E-state index in [9.17, 15) is 13.4 Å². The molecule has 0 radical (unpaired) electrons. The van der Waals surface area contributed by atoms with E-state index in [4.69, 9.17) is 4.74 Å². The van der Waals surface area contributed by atoms with Crippen molar-refractivity contribution in [2.45, 2.75) is 62.5 Å². The highest BCUT2D eigenvalue weighted by molar-refractivity contribution is 7.85. The van der Waals surface area contributed by atoms with Crippen LogP contribution in [0.2, 0.25) is 0 Å². The number of hydrogen-bond acceptors (Lipinski definition) is 5. The minimum atomic E-state index is -1.10. The summed E-state index contributed by atoms with van der Waals surface area (Å²) < 4.78 is 31.7. The Morgan fingerprint density at radius 1 is 1.34 bits per heavy atom. The van der Waals surface area contributed by atoms with E-state index in [0.29, 0.717) is 28.6 Å². The average Bonchev–Trinajstić information content (AvgIpc) is 3.37. The number of amides is 1. The zero-order chi connectivity index (χ0) is 20.5. The first-order valence-corrected chi connectivity index (χ1v) is 11.2. The van der Waals surface area contributed by atoms with Gasteiger partial charge >= 0.3 is 6.09 Å². The van der Waals surface area contributed by atoms with Gasteiger partial charge in [0.1, 0.15) is 11.9 Å². The zero-order valence-corrected chi connectivity index (χ0v) is 17.3. The number of aromatic nitrogens is 2. The molecule has 1 amide bonds. The summed E-state index contributed by atoms with van der Waals surface area (Å²) in [7, 11) is -1.10. The second-order valence-corrected chi connectivity index (χ2v) is 9.45. The average molecular weight is 421 g/mol. The highest BCUT2D eigenvalue weighted by atomic mass is 32.2. The molecule has 2 aliphatic rings. The SMILES string of the molecule is CC(C)NC(=O)OC1CCC(c2cc(Nc3cc4c(cc3F)S(=O)CC4)n[nH]2)C1. The van der Waals surface area contributed by atoms with Gasteiger partial charge in [-0.25, -0.2) is 9.18 Å². The van der Waals surface area contributed by atoms with Crippen molar-refractivity contribution in [3.05, 3.63) is 35.3 Å². The number of hydrogen-bond donors (Lipinski definition) is 3. The van der Waals surface area contributed by atoms with Crippen molar-refractivity contribution < 1.29 is 18.1 Å². The van der Waals surface area contributed by atoms with Crippen molar-refractivity contribution in [1.29, 1.82) is 0 Å². The lowest BCUT2D eigenvalue weighted by molar-refractivity contribution is 0.0981. The fourth-order valence-corrected chi connectivity index (χ4v) is 5.23. The summed E-state index contributed by atoms with van der Waals surface area (Å²) >= 11 is 0. The van der Waals surface area contributed by atoms with Crippen molar-refractivity contribution in [3.63, 3.8) is 0 Å². The molecule has 29 heavy (non-hydrogen) atoms. The Morgan fingerprint density at radius 2 is 2.17 bits per heavy atom. The molecule has 3 unspecified atom stereocenters. The second-order valence-electron chi connectivity index (χ2n) is 7.91. The Bertz CT molecular complexity index is 946. The number of rotatable bonds is 5. The molecular formula is C20H25FN4O3S. The standard InChI is InChI=1S/C20H25FN4O3S/c1-11(2)22-20(26)28-14-4-3-12(7-14)16-10-19(25-24-16)23-17-8-13-5-6-29(27)18(13)9-15(17)21/h8-12,14H,3-7H2,1-2H3,(H,22,26)(H2,23,24,25). The summed E-state index contributed by atoms with van der Waals surface area (Å²) in [6.07, 6.45) is 2.61. The molecular weight excluding hydrogens is 395 g/mol. The Balaban J connectivity index is 1.38. The number of H-pyrrole nitrogens is 1. The maximum absolute atomic E-state index is 14.4. The van der Waals surface area contributed by atoms with E-state index in [1.165, 1.54) is 6.07 Å². The third-order valence-corrected chi connectivity index (χ3v) is 6.76. The predicted octanol–water partition coefficient (Wildman–Crippen LogP) is 3.73. The van der Waals surface area contributed by atoms with Crippen LogP contribution in [0.3, 0.4) is 0 Å². The molecule has 0 spiro atoms. The van der Waals surface area contributed by atoms with Crippen molar-refractivity contribution in [2.24, 2.45) is 0 Å². The Kier molecular flexibility index (Phi) is 5.58. The van der Waals surface area contributed by atoms with Crippen LogP contribution in [0.25, 0.3) is 0 Å². The van der Waals surface area contributed by atoms with Gasteiger partial charge in [0.05, 0.1) is 16.5 Å². The number of anilines is 2. The third-order valence-electron chi connectivity index (χ3n) is 5.32. The Labute approximate surface area is 171 Å². The summed E-state index contributed by atoms with van der Waals surface area (Å²) in [4.78, 5) is 12.4. The smallest absolute Gasteiger partial charge is 0.407 e. The summed E-state index contributed by atoms with van der Waals surface area (Å²) in [6, 6.07) is 4.98. The van der Waals surface area contributed by atoms with Crippen LogP contribution in [-0.4, -0.2) is 38.4 Å². The maximum atomic E-state index is 14.4. The van der Waals surface area contributed by atoms with E-state index in [1.54, 1.807) is 6.07 Å². The number of benzene rings is 1. The molecule has 3 atom stereocenters. The highest BCUT2D eigenvalue weighted by Crippen LogP contribution is 2.36. The van der Waals surface area contributed by atoms with Gasteiger partial charge < -0.3 is 15.4 Å². The van der Waals surface area contributed by atoms with E-state index < -0.39 is 16.6 Å². The molecule has 1 aliphatic carbocycles. The lowest BCUT2D eigenvalue weighted by Gasteiger charge is -2.14. The van der Waals surface area contributed by atoms with Crippen molar-refractivity contribution in [3.8, 4) is 0 Å². The molecule has 1 aromatic carbocycles. The number of nitrogens with one attached hydrogen (secondary N) is 3. The minimum Gasteiger partial charge on any atom is -0.446 e. The largest absolute Gasteiger partial charge is 0.446 e. The van der Waals surface area contributed by atoms with Gasteiger partial charge in [-0.3, -0.25) is 9.31 Å². The molecule has 7 nitrogen and oxygen atoms in total. The van der Waals surface area contributed by atoms with E-state index >= 15 is 0 Å². The van der Waals surface area contributed by atoms with Gasteiger partial charge in [-0.15, -0.1) is 0 Å². The summed E-state index contributed by atoms with van der Waals surface area (Å²) in [6.45, 7) is 3.78. The number of fused-ring (bicyclic) bond motifs is 1. The number of aryl methyl sites for hydroxylation is 1. The van der Waals surface area contributed by atoms with Gasteiger partial charge in [0, 0.05) is 34.4 Å². The topological polar surface area (TPSA) is 96.1 Å². The molecule has 2 aromatic rings. The molecule has 2 heterocycles. The third kappa shape index (κ3) is 4.44. The number of carbonyl (C=O) groups excluding carboxylic acids is 1. The van der Waals surface area contributed by atoms with Crippen LogP contribution >= 0.6 is 0 Å². The van der Waals surface area contributed by atoms with E-state index in [1.807, 2.05) is 19.9 Å². The quantitative estimate of drug-likeness (QED) is 0.685. The fourth-order valence-electron chi connectivity index (χ4n) is 3.91. The van der Waals surface area contributed by atoms with Crippen LogP contribution in [0.15, 0.2) is 23.1 Å². The van der Waals surface area contributed by atoms with Crippen molar-refractivity contribution in [2.75, 3.05) is 11.1 Å². The predicted molar refractivity (Wildman–Crippen MR) is 108 cm³/mol. The summed E-state index contributed by atoms with van der Waals surface area (Å²) in [5.41, 5.74) is 2.18. The maximum Gasteiger partial charge on any atom is 0.407 e. The van der Waals surface area contributed by atoms with E-state index in [0.717, 1.165) is 30.5 Å². The number of aromatic amines is 1. The molecule has 3 N–H and O–H groups in total. The molecule has 1 fully saturated rings. The van der Waals surface area contributed by atoms with Gasteiger partial charge in [-0.05, 0) is 57.2 Å². The van der Waals surface area contributed by atoms with Crippen LogP contribution in [0.1, 0.15) is 50.3 Å². The molecule has 1 aromatic heterocycles. The summed E-state index contributed by atoms with van der Waals surface area (Å²) in [5, 5.41) is 13.0. The number of carbonyl (C=O) groups is 1. The first kappa shape index (κ1) is 19.9. The van der Waals surface area contributed by atoms with Crippen LogP contribution in [0.5, 0.6) is 0 Å². The van der Waals surface area contributed by atoms with Crippen LogP contribution in [0.4, 0.5) is 20.7 Å². The van der Waals surface area contributed by atoms with Gasteiger partial charge in [-0.2, -0.15) is 5.10 Å². The monoisotopic (exact) mass is 420 g/mol. The van der Waals surface area contributed by atoms with Crippen molar-refractivity contribution in [1.82, 2.24) is 15.5 Å². The number of halogens is 1.